The fraction of sp³-hybridized carbons (Fsp3) is 0.400. The van der Waals surface area contributed by atoms with Crippen molar-refractivity contribution in [3.05, 3.63) is 40.2 Å². The molecule has 1 aromatic heterocycles. The van der Waals surface area contributed by atoms with Crippen LogP contribution < -0.4 is 15.2 Å². The van der Waals surface area contributed by atoms with Gasteiger partial charge in [0, 0.05) is 13.1 Å². The third-order valence-corrected chi connectivity index (χ3v) is 3.46. The second-order valence-corrected chi connectivity index (χ2v) is 5.10. The molecule has 6 heteroatoms. The van der Waals surface area contributed by atoms with E-state index in [1.54, 1.807) is 13.2 Å². The minimum atomic E-state index is 0.382. The Morgan fingerprint density at radius 1 is 1.33 bits per heavy atom. The third kappa shape index (κ3) is 3.49. The summed E-state index contributed by atoms with van der Waals surface area (Å²) in [6.45, 7) is 5.58. The van der Waals surface area contributed by atoms with Crippen LogP contribution in [0.25, 0.3) is 0 Å². The van der Waals surface area contributed by atoms with Gasteiger partial charge in [-0.25, -0.2) is 0 Å². The SMILES string of the molecule is CCn1nc(C)cc1COc1c(Cl)cc(CN)cc1OC. The minimum Gasteiger partial charge on any atom is -0.493 e. The first kappa shape index (κ1) is 15.7. The van der Waals surface area contributed by atoms with Crippen molar-refractivity contribution in [2.24, 2.45) is 5.73 Å². The lowest BCUT2D eigenvalue weighted by molar-refractivity contribution is 0.274. The molecule has 2 N–H and O–H groups in total. The van der Waals surface area contributed by atoms with E-state index in [4.69, 9.17) is 26.8 Å². The van der Waals surface area contributed by atoms with E-state index >= 15 is 0 Å². The Kier molecular flexibility index (Phi) is 5.09. The number of aryl methyl sites for hydroxylation is 2. The molecule has 0 atom stereocenters. The highest BCUT2D eigenvalue weighted by Crippen LogP contribution is 2.36. The van der Waals surface area contributed by atoms with Crippen molar-refractivity contribution in [2.75, 3.05) is 7.11 Å². The minimum absolute atomic E-state index is 0.382. The van der Waals surface area contributed by atoms with Gasteiger partial charge in [0.25, 0.3) is 0 Å². The molecular formula is C15H20ClN3O2. The Hall–Kier alpha value is -1.72. The number of rotatable bonds is 6. The predicted molar refractivity (Wildman–Crippen MR) is 82.9 cm³/mol. The zero-order valence-electron chi connectivity index (χ0n) is 12.5. The summed E-state index contributed by atoms with van der Waals surface area (Å²) in [5, 5.41) is 4.88. The molecule has 0 saturated carbocycles. The van der Waals surface area contributed by atoms with Gasteiger partial charge in [0.15, 0.2) is 11.5 Å². The predicted octanol–water partition coefficient (Wildman–Crippen LogP) is 2.91. The van der Waals surface area contributed by atoms with Crippen molar-refractivity contribution >= 4 is 11.6 Å². The van der Waals surface area contributed by atoms with E-state index in [-0.39, 0.29) is 0 Å². The van der Waals surface area contributed by atoms with Gasteiger partial charge in [0.1, 0.15) is 6.61 Å². The van der Waals surface area contributed by atoms with Crippen molar-refractivity contribution in [3.63, 3.8) is 0 Å². The topological polar surface area (TPSA) is 62.3 Å². The lowest BCUT2D eigenvalue weighted by atomic mass is 10.2. The largest absolute Gasteiger partial charge is 0.493 e. The van der Waals surface area contributed by atoms with Gasteiger partial charge in [-0.05, 0) is 37.6 Å². The number of benzene rings is 1. The molecule has 1 aromatic carbocycles. The molecule has 0 unspecified atom stereocenters. The molecule has 0 saturated heterocycles. The zero-order valence-corrected chi connectivity index (χ0v) is 13.3. The van der Waals surface area contributed by atoms with Crippen LogP contribution in [0.3, 0.4) is 0 Å². The van der Waals surface area contributed by atoms with Crippen molar-refractivity contribution in [3.8, 4) is 11.5 Å². The van der Waals surface area contributed by atoms with Crippen LogP contribution in [0.5, 0.6) is 11.5 Å². The summed E-state index contributed by atoms with van der Waals surface area (Å²) in [6.07, 6.45) is 0. The van der Waals surface area contributed by atoms with Gasteiger partial charge in [0.05, 0.1) is 23.5 Å². The molecule has 0 spiro atoms. The Bertz CT molecular complexity index is 626. The number of nitrogens with zero attached hydrogens (tertiary/aromatic N) is 2. The van der Waals surface area contributed by atoms with Gasteiger partial charge in [-0.1, -0.05) is 11.6 Å². The smallest absolute Gasteiger partial charge is 0.180 e. The van der Waals surface area contributed by atoms with E-state index in [0.717, 1.165) is 23.5 Å². The fourth-order valence-electron chi connectivity index (χ4n) is 2.17. The van der Waals surface area contributed by atoms with Crippen LogP contribution in [0.15, 0.2) is 18.2 Å². The highest BCUT2D eigenvalue weighted by Gasteiger charge is 2.13. The zero-order chi connectivity index (χ0) is 15.4. The van der Waals surface area contributed by atoms with E-state index in [1.165, 1.54) is 0 Å². The summed E-state index contributed by atoms with van der Waals surface area (Å²) in [5.41, 5.74) is 8.49. The molecule has 0 radical (unpaired) electrons. The first-order valence-corrected chi connectivity index (χ1v) is 7.19. The maximum atomic E-state index is 6.25. The molecule has 0 aliphatic heterocycles. The fourth-order valence-corrected chi connectivity index (χ4v) is 2.45. The van der Waals surface area contributed by atoms with E-state index in [2.05, 4.69) is 5.10 Å². The number of ether oxygens (including phenoxy) is 2. The van der Waals surface area contributed by atoms with Crippen LogP contribution >= 0.6 is 11.6 Å². The number of halogens is 1. The Morgan fingerprint density at radius 3 is 2.71 bits per heavy atom. The molecule has 0 fully saturated rings. The Balaban J connectivity index is 2.23. The maximum Gasteiger partial charge on any atom is 0.180 e. The van der Waals surface area contributed by atoms with E-state index < -0.39 is 0 Å². The second-order valence-electron chi connectivity index (χ2n) is 4.69. The normalized spacial score (nSPS) is 10.7. The first-order chi connectivity index (χ1) is 10.1. The molecular weight excluding hydrogens is 290 g/mol. The second kappa shape index (κ2) is 6.83. The maximum absolute atomic E-state index is 6.25. The van der Waals surface area contributed by atoms with E-state index in [9.17, 15) is 0 Å². The molecule has 114 valence electrons. The molecule has 0 bridgehead atoms. The standard InChI is InChI=1S/C15H20ClN3O2/c1-4-19-12(5-10(2)18-19)9-21-15-13(16)6-11(8-17)7-14(15)20-3/h5-7H,4,8-9,17H2,1-3H3. The molecule has 0 amide bonds. The van der Waals surface area contributed by atoms with Crippen molar-refractivity contribution < 1.29 is 9.47 Å². The third-order valence-electron chi connectivity index (χ3n) is 3.17. The number of nitrogens with two attached hydrogens (primary N) is 1. The van der Waals surface area contributed by atoms with Crippen LogP contribution in [0.2, 0.25) is 5.02 Å². The number of aromatic nitrogens is 2. The molecule has 1 heterocycles. The summed E-state index contributed by atoms with van der Waals surface area (Å²) in [7, 11) is 1.58. The van der Waals surface area contributed by atoms with Crippen LogP contribution in [0, 0.1) is 6.92 Å². The number of hydrogen-bond donors (Lipinski definition) is 1. The average molecular weight is 310 g/mol. The molecule has 2 rings (SSSR count). The van der Waals surface area contributed by atoms with E-state index in [0.29, 0.717) is 29.7 Å². The Morgan fingerprint density at radius 2 is 2.10 bits per heavy atom. The summed E-state index contributed by atoms with van der Waals surface area (Å²) >= 11 is 6.25. The lowest BCUT2D eigenvalue weighted by Gasteiger charge is -2.14. The Labute approximate surface area is 129 Å². The average Bonchev–Trinajstić information content (AvgIpc) is 2.85. The lowest BCUT2D eigenvalue weighted by Crippen LogP contribution is -2.07. The van der Waals surface area contributed by atoms with Gasteiger partial charge < -0.3 is 15.2 Å². The van der Waals surface area contributed by atoms with Crippen molar-refractivity contribution in [2.45, 2.75) is 33.5 Å². The van der Waals surface area contributed by atoms with Gasteiger partial charge in [-0.2, -0.15) is 5.10 Å². The van der Waals surface area contributed by atoms with Crippen LogP contribution in [-0.2, 0) is 19.7 Å². The van der Waals surface area contributed by atoms with Crippen LogP contribution in [0.1, 0.15) is 23.9 Å². The van der Waals surface area contributed by atoms with Gasteiger partial charge in [-0.3, -0.25) is 4.68 Å². The molecule has 21 heavy (non-hydrogen) atoms. The number of hydrogen-bond acceptors (Lipinski definition) is 4. The summed E-state index contributed by atoms with van der Waals surface area (Å²) < 4.78 is 13.1. The molecule has 5 nitrogen and oxygen atoms in total. The molecule has 0 aliphatic rings. The quantitative estimate of drug-likeness (QED) is 0.891. The van der Waals surface area contributed by atoms with Gasteiger partial charge >= 0.3 is 0 Å². The van der Waals surface area contributed by atoms with Gasteiger partial charge in [-0.15, -0.1) is 0 Å². The highest BCUT2D eigenvalue weighted by atomic mass is 35.5. The van der Waals surface area contributed by atoms with E-state index in [1.807, 2.05) is 30.7 Å². The van der Waals surface area contributed by atoms with Crippen molar-refractivity contribution in [1.29, 1.82) is 0 Å². The van der Waals surface area contributed by atoms with Crippen LogP contribution in [0.4, 0.5) is 0 Å². The highest BCUT2D eigenvalue weighted by molar-refractivity contribution is 6.32. The van der Waals surface area contributed by atoms with Crippen LogP contribution in [-0.4, -0.2) is 16.9 Å². The molecule has 0 aliphatic carbocycles. The first-order valence-electron chi connectivity index (χ1n) is 6.81. The summed E-state index contributed by atoms with van der Waals surface area (Å²) in [4.78, 5) is 0. The monoisotopic (exact) mass is 309 g/mol. The molecule has 2 aromatic rings. The van der Waals surface area contributed by atoms with Gasteiger partial charge in [0.2, 0.25) is 0 Å². The summed E-state index contributed by atoms with van der Waals surface area (Å²) in [6, 6.07) is 5.63. The summed E-state index contributed by atoms with van der Waals surface area (Å²) in [5.74, 6) is 1.11. The number of methoxy groups -OCH3 is 1. The van der Waals surface area contributed by atoms with Crippen molar-refractivity contribution in [1.82, 2.24) is 9.78 Å².